The van der Waals surface area contributed by atoms with Crippen molar-refractivity contribution >= 4 is 11.9 Å². The maximum atomic E-state index is 12.3. The first-order valence-electron chi connectivity index (χ1n) is 5.13. The lowest BCUT2D eigenvalue weighted by Crippen LogP contribution is -2.35. The summed E-state index contributed by atoms with van der Waals surface area (Å²) in [7, 11) is 0. The average Bonchev–Trinajstić information content (AvgIpc) is 2.23. The van der Waals surface area contributed by atoms with Crippen LogP contribution in [0, 0.1) is 6.92 Å². The zero-order valence-corrected chi connectivity index (χ0v) is 9.82. The number of nitrogens with zero attached hydrogens (tertiary/aromatic N) is 3. The molecule has 0 aliphatic carbocycles. The van der Waals surface area contributed by atoms with Gasteiger partial charge in [-0.3, -0.25) is 0 Å². The van der Waals surface area contributed by atoms with Gasteiger partial charge in [0.1, 0.15) is 6.54 Å². The van der Waals surface area contributed by atoms with Crippen molar-refractivity contribution < 1.29 is 23.1 Å². The SMILES string of the molecule is CCN(CC(F)(F)F)c1nc(C)cc(C(=O)O)n1. The van der Waals surface area contributed by atoms with E-state index in [4.69, 9.17) is 5.11 Å². The second-order valence-corrected chi connectivity index (χ2v) is 3.63. The van der Waals surface area contributed by atoms with E-state index in [2.05, 4.69) is 9.97 Å². The van der Waals surface area contributed by atoms with Gasteiger partial charge in [0.25, 0.3) is 0 Å². The molecule has 1 rings (SSSR count). The number of aromatic nitrogens is 2. The van der Waals surface area contributed by atoms with E-state index in [1.165, 1.54) is 19.9 Å². The van der Waals surface area contributed by atoms with Crippen LogP contribution in [0.1, 0.15) is 23.1 Å². The van der Waals surface area contributed by atoms with E-state index in [1.54, 1.807) is 0 Å². The molecule has 5 nitrogen and oxygen atoms in total. The number of aryl methyl sites for hydroxylation is 1. The quantitative estimate of drug-likeness (QED) is 0.898. The fraction of sp³-hybridized carbons (Fsp3) is 0.500. The largest absolute Gasteiger partial charge is 0.477 e. The van der Waals surface area contributed by atoms with E-state index in [0.717, 1.165) is 4.90 Å². The molecule has 100 valence electrons. The van der Waals surface area contributed by atoms with Gasteiger partial charge in [-0.15, -0.1) is 0 Å². The minimum absolute atomic E-state index is 0.0298. The molecule has 0 radical (unpaired) electrons. The molecule has 1 aromatic rings. The van der Waals surface area contributed by atoms with Crippen LogP contribution in [-0.2, 0) is 0 Å². The molecule has 0 unspecified atom stereocenters. The zero-order valence-electron chi connectivity index (χ0n) is 9.82. The molecular formula is C10H12F3N3O2. The van der Waals surface area contributed by atoms with Crippen molar-refractivity contribution in [3.05, 3.63) is 17.5 Å². The van der Waals surface area contributed by atoms with Crippen LogP contribution >= 0.6 is 0 Å². The topological polar surface area (TPSA) is 66.3 Å². The Bertz CT molecular complexity index is 448. The Morgan fingerprint density at radius 1 is 1.44 bits per heavy atom. The van der Waals surface area contributed by atoms with Gasteiger partial charge < -0.3 is 10.0 Å². The lowest BCUT2D eigenvalue weighted by molar-refractivity contribution is -0.119. The summed E-state index contributed by atoms with van der Waals surface area (Å²) in [5.74, 6) is -1.53. The number of carboxylic acid groups (broad SMARTS) is 1. The molecule has 0 aliphatic heterocycles. The summed E-state index contributed by atoms with van der Waals surface area (Å²) in [6, 6.07) is 1.20. The number of hydrogen-bond donors (Lipinski definition) is 1. The molecule has 1 aromatic heterocycles. The van der Waals surface area contributed by atoms with Gasteiger partial charge in [-0.25, -0.2) is 14.8 Å². The van der Waals surface area contributed by atoms with Gasteiger partial charge in [0.05, 0.1) is 0 Å². The highest BCUT2D eigenvalue weighted by Crippen LogP contribution is 2.19. The van der Waals surface area contributed by atoms with E-state index in [9.17, 15) is 18.0 Å². The predicted octanol–water partition coefficient (Wildman–Crippen LogP) is 1.87. The first-order chi connectivity index (χ1) is 8.23. The summed E-state index contributed by atoms with van der Waals surface area (Å²) in [6.45, 7) is 1.82. The fourth-order valence-corrected chi connectivity index (χ4v) is 1.34. The van der Waals surface area contributed by atoms with E-state index in [-0.39, 0.29) is 18.2 Å². The Balaban J connectivity index is 3.09. The third-order valence-corrected chi connectivity index (χ3v) is 2.10. The third kappa shape index (κ3) is 3.86. The van der Waals surface area contributed by atoms with Crippen LogP contribution in [0.4, 0.5) is 19.1 Å². The maximum Gasteiger partial charge on any atom is 0.406 e. The van der Waals surface area contributed by atoms with Gasteiger partial charge in [0.15, 0.2) is 5.69 Å². The van der Waals surface area contributed by atoms with Crippen LogP contribution in [0.2, 0.25) is 0 Å². The maximum absolute atomic E-state index is 12.3. The van der Waals surface area contributed by atoms with Gasteiger partial charge in [-0.2, -0.15) is 13.2 Å². The highest BCUT2D eigenvalue weighted by atomic mass is 19.4. The smallest absolute Gasteiger partial charge is 0.406 e. The molecule has 0 bridgehead atoms. The van der Waals surface area contributed by atoms with Crippen LogP contribution in [0.3, 0.4) is 0 Å². The van der Waals surface area contributed by atoms with Gasteiger partial charge in [-0.05, 0) is 19.9 Å². The first kappa shape index (κ1) is 14.2. The third-order valence-electron chi connectivity index (χ3n) is 2.10. The highest BCUT2D eigenvalue weighted by Gasteiger charge is 2.31. The summed E-state index contributed by atoms with van der Waals surface area (Å²) < 4.78 is 37.0. The van der Waals surface area contributed by atoms with E-state index in [1.807, 2.05) is 0 Å². The fourth-order valence-electron chi connectivity index (χ4n) is 1.34. The highest BCUT2D eigenvalue weighted by molar-refractivity contribution is 5.85. The lowest BCUT2D eigenvalue weighted by atomic mass is 10.3. The Kier molecular flexibility index (Phi) is 4.10. The van der Waals surface area contributed by atoms with Crippen molar-refractivity contribution in [3.63, 3.8) is 0 Å². The molecule has 0 saturated heterocycles. The normalized spacial score (nSPS) is 11.4. The molecular weight excluding hydrogens is 251 g/mol. The van der Waals surface area contributed by atoms with Crippen LogP contribution in [-0.4, -0.2) is 40.3 Å². The Labute approximate surface area is 101 Å². The zero-order chi connectivity index (χ0) is 13.9. The predicted molar refractivity (Wildman–Crippen MR) is 57.7 cm³/mol. The molecule has 0 aromatic carbocycles. The summed E-state index contributed by atoms with van der Waals surface area (Å²) in [4.78, 5) is 19.1. The van der Waals surface area contributed by atoms with Crippen LogP contribution in [0.5, 0.6) is 0 Å². The number of halogens is 3. The Hall–Kier alpha value is -1.86. The molecule has 1 heterocycles. The molecule has 8 heteroatoms. The standard InChI is InChI=1S/C10H12F3N3O2/c1-3-16(5-10(11,12)13)9-14-6(2)4-7(15-9)8(17)18/h4H,3,5H2,1-2H3,(H,17,18). The van der Waals surface area contributed by atoms with Gasteiger partial charge in [0.2, 0.25) is 5.95 Å². The van der Waals surface area contributed by atoms with Crippen molar-refractivity contribution in [1.29, 1.82) is 0 Å². The molecule has 0 atom stereocenters. The monoisotopic (exact) mass is 263 g/mol. The summed E-state index contributed by atoms with van der Waals surface area (Å²) in [5, 5.41) is 8.79. The van der Waals surface area contributed by atoms with E-state index < -0.39 is 18.7 Å². The summed E-state index contributed by atoms with van der Waals surface area (Å²) in [5.41, 5.74) is -0.0175. The Morgan fingerprint density at radius 3 is 2.50 bits per heavy atom. The van der Waals surface area contributed by atoms with Crippen molar-refractivity contribution in [2.45, 2.75) is 20.0 Å². The van der Waals surface area contributed by atoms with E-state index >= 15 is 0 Å². The van der Waals surface area contributed by atoms with Gasteiger partial charge in [0, 0.05) is 12.2 Å². The molecule has 0 aliphatic rings. The molecule has 0 fully saturated rings. The van der Waals surface area contributed by atoms with Crippen LogP contribution in [0.15, 0.2) is 6.07 Å². The van der Waals surface area contributed by atoms with Crippen molar-refractivity contribution in [1.82, 2.24) is 9.97 Å². The molecule has 0 spiro atoms. The average molecular weight is 263 g/mol. The summed E-state index contributed by atoms with van der Waals surface area (Å²) >= 11 is 0. The van der Waals surface area contributed by atoms with E-state index in [0.29, 0.717) is 5.69 Å². The molecule has 0 saturated carbocycles. The second kappa shape index (κ2) is 5.19. The number of alkyl halides is 3. The number of anilines is 1. The number of rotatable bonds is 4. The minimum atomic E-state index is -4.40. The minimum Gasteiger partial charge on any atom is -0.477 e. The van der Waals surface area contributed by atoms with Crippen molar-refractivity contribution in [2.75, 3.05) is 18.0 Å². The van der Waals surface area contributed by atoms with Crippen molar-refractivity contribution in [2.24, 2.45) is 0 Å². The van der Waals surface area contributed by atoms with Gasteiger partial charge >= 0.3 is 12.1 Å². The lowest BCUT2D eigenvalue weighted by Gasteiger charge is -2.22. The Morgan fingerprint density at radius 2 is 2.06 bits per heavy atom. The first-order valence-corrected chi connectivity index (χ1v) is 5.13. The number of aromatic carboxylic acids is 1. The van der Waals surface area contributed by atoms with Crippen molar-refractivity contribution in [3.8, 4) is 0 Å². The number of hydrogen-bond acceptors (Lipinski definition) is 4. The van der Waals surface area contributed by atoms with Crippen LogP contribution < -0.4 is 4.90 Å². The number of carboxylic acids is 1. The number of carbonyl (C=O) groups is 1. The molecule has 18 heavy (non-hydrogen) atoms. The summed E-state index contributed by atoms with van der Waals surface area (Å²) in [6.07, 6.45) is -4.40. The molecule has 0 amide bonds. The van der Waals surface area contributed by atoms with Crippen LogP contribution in [0.25, 0.3) is 0 Å². The van der Waals surface area contributed by atoms with Gasteiger partial charge in [-0.1, -0.05) is 0 Å². The molecule has 1 N–H and O–H groups in total. The second-order valence-electron chi connectivity index (χ2n) is 3.63.